The molecule has 0 bridgehead atoms. The largest absolute Gasteiger partial charge is 0.482 e. The van der Waals surface area contributed by atoms with Gasteiger partial charge in [-0.05, 0) is 31.5 Å². The molecule has 2 rings (SSSR count). The second-order valence-corrected chi connectivity index (χ2v) is 4.59. The maximum absolute atomic E-state index is 12.2. The first-order chi connectivity index (χ1) is 9.04. The van der Waals surface area contributed by atoms with Crippen molar-refractivity contribution in [1.29, 1.82) is 0 Å². The van der Waals surface area contributed by atoms with Gasteiger partial charge in [-0.3, -0.25) is 0 Å². The number of nitrogens with one attached hydrogen (secondary N) is 2. The molecule has 106 valence electrons. The van der Waals surface area contributed by atoms with Crippen LogP contribution in [-0.4, -0.2) is 31.9 Å². The van der Waals surface area contributed by atoms with Crippen LogP contribution in [0.5, 0.6) is 5.75 Å². The average Bonchev–Trinajstić information content (AvgIpc) is 2.38. The molecule has 0 spiro atoms. The standard InChI is InChI=1S/C13H17F3N2O/c14-13(15,16)9-19-12-6-2-1-5-11(12)18-10-4-3-7-17-8-10/h1-2,5-6,10,17-18H,3-4,7-9H2. The number of hydrogen-bond donors (Lipinski definition) is 2. The van der Waals surface area contributed by atoms with E-state index in [2.05, 4.69) is 10.6 Å². The van der Waals surface area contributed by atoms with Crippen molar-refractivity contribution in [2.24, 2.45) is 0 Å². The Balaban J connectivity index is 1.99. The molecule has 0 saturated carbocycles. The third-order valence-corrected chi connectivity index (χ3v) is 2.93. The van der Waals surface area contributed by atoms with Crippen molar-refractivity contribution in [2.75, 3.05) is 25.0 Å². The number of alkyl halides is 3. The van der Waals surface area contributed by atoms with Crippen molar-refractivity contribution in [3.8, 4) is 5.75 Å². The summed E-state index contributed by atoms with van der Waals surface area (Å²) in [6.45, 7) is 0.534. The highest BCUT2D eigenvalue weighted by Crippen LogP contribution is 2.27. The molecule has 1 unspecified atom stereocenters. The van der Waals surface area contributed by atoms with Gasteiger partial charge in [0, 0.05) is 12.6 Å². The first-order valence-corrected chi connectivity index (χ1v) is 6.30. The maximum Gasteiger partial charge on any atom is 0.422 e. The molecule has 3 nitrogen and oxygen atoms in total. The molecule has 1 aromatic carbocycles. The number of benzene rings is 1. The minimum atomic E-state index is -4.32. The van der Waals surface area contributed by atoms with Gasteiger partial charge in [0.25, 0.3) is 0 Å². The number of halogens is 3. The molecule has 0 amide bonds. The molecule has 6 heteroatoms. The number of rotatable bonds is 4. The number of ether oxygens (including phenoxy) is 1. The first-order valence-electron chi connectivity index (χ1n) is 6.30. The fourth-order valence-corrected chi connectivity index (χ4v) is 2.07. The van der Waals surface area contributed by atoms with Crippen molar-refractivity contribution in [1.82, 2.24) is 5.32 Å². The second kappa shape index (κ2) is 6.14. The molecule has 0 aliphatic carbocycles. The molecule has 0 aromatic heterocycles. The van der Waals surface area contributed by atoms with Crippen LogP contribution in [0.25, 0.3) is 0 Å². The summed E-state index contributed by atoms with van der Waals surface area (Å²) in [6.07, 6.45) is -2.26. The van der Waals surface area contributed by atoms with E-state index in [4.69, 9.17) is 4.74 Å². The van der Waals surface area contributed by atoms with E-state index in [1.165, 1.54) is 0 Å². The first kappa shape index (κ1) is 14.0. The number of para-hydroxylation sites is 2. The van der Waals surface area contributed by atoms with E-state index in [0.717, 1.165) is 25.9 Å². The van der Waals surface area contributed by atoms with Gasteiger partial charge in [0.05, 0.1) is 5.69 Å². The van der Waals surface area contributed by atoms with E-state index >= 15 is 0 Å². The van der Waals surface area contributed by atoms with Crippen LogP contribution in [0.1, 0.15) is 12.8 Å². The molecule has 1 heterocycles. The van der Waals surface area contributed by atoms with Crippen LogP contribution in [0.3, 0.4) is 0 Å². The fourth-order valence-electron chi connectivity index (χ4n) is 2.07. The van der Waals surface area contributed by atoms with Gasteiger partial charge in [0.2, 0.25) is 0 Å². The third kappa shape index (κ3) is 4.63. The molecule has 1 saturated heterocycles. The Morgan fingerprint density at radius 2 is 2.11 bits per heavy atom. The zero-order valence-electron chi connectivity index (χ0n) is 10.5. The average molecular weight is 274 g/mol. The lowest BCUT2D eigenvalue weighted by Crippen LogP contribution is -2.38. The predicted molar refractivity (Wildman–Crippen MR) is 67.5 cm³/mol. The lowest BCUT2D eigenvalue weighted by atomic mass is 10.1. The van der Waals surface area contributed by atoms with E-state index in [-0.39, 0.29) is 11.8 Å². The zero-order valence-corrected chi connectivity index (χ0v) is 10.5. The smallest absolute Gasteiger partial charge is 0.422 e. The summed E-state index contributed by atoms with van der Waals surface area (Å²) in [7, 11) is 0. The summed E-state index contributed by atoms with van der Waals surface area (Å²) in [6, 6.07) is 6.95. The van der Waals surface area contributed by atoms with Crippen molar-refractivity contribution in [2.45, 2.75) is 25.1 Å². The SMILES string of the molecule is FC(F)(F)COc1ccccc1NC1CCCNC1. The lowest BCUT2D eigenvalue weighted by Gasteiger charge is -2.25. The Kier molecular flexibility index (Phi) is 4.52. The van der Waals surface area contributed by atoms with Gasteiger partial charge in [-0.15, -0.1) is 0 Å². The normalized spacial score (nSPS) is 20.1. The molecule has 1 atom stereocenters. The van der Waals surface area contributed by atoms with Crippen LogP contribution in [0.4, 0.5) is 18.9 Å². The van der Waals surface area contributed by atoms with Gasteiger partial charge < -0.3 is 15.4 Å². The Labute approximate surface area is 110 Å². The predicted octanol–water partition coefficient (Wildman–Crippen LogP) is 2.79. The van der Waals surface area contributed by atoms with Gasteiger partial charge in [-0.25, -0.2) is 0 Å². The topological polar surface area (TPSA) is 33.3 Å². The Hall–Kier alpha value is -1.43. The summed E-state index contributed by atoms with van der Waals surface area (Å²) >= 11 is 0. The maximum atomic E-state index is 12.2. The summed E-state index contributed by atoms with van der Waals surface area (Å²) in [4.78, 5) is 0. The molecule has 1 aliphatic heterocycles. The van der Waals surface area contributed by atoms with Crippen LogP contribution >= 0.6 is 0 Å². The fraction of sp³-hybridized carbons (Fsp3) is 0.538. The van der Waals surface area contributed by atoms with Crippen molar-refractivity contribution in [3.63, 3.8) is 0 Å². The van der Waals surface area contributed by atoms with E-state index in [9.17, 15) is 13.2 Å². The molecular weight excluding hydrogens is 257 g/mol. The van der Waals surface area contributed by atoms with Crippen LogP contribution < -0.4 is 15.4 Å². The monoisotopic (exact) mass is 274 g/mol. The molecular formula is C13H17F3N2O. The van der Waals surface area contributed by atoms with Crippen molar-refractivity contribution < 1.29 is 17.9 Å². The molecule has 0 radical (unpaired) electrons. The third-order valence-electron chi connectivity index (χ3n) is 2.93. The quantitative estimate of drug-likeness (QED) is 0.885. The molecule has 1 fully saturated rings. The summed E-state index contributed by atoms with van der Waals surface area (Å²) in [5.74, 6) is 0.241. The van der Waals surface area contributed by atoms with Crippen LogP contribution in [0.15, 0.2) is 24.3 Å². The Morgan fingerprint density at radius 3 is 2.79 bits per heavy atom. The molecule has 1 aliphatic rings. The minimum Gasteiger partial charge on any atom is -0.482 e. The summed E-state index contributed by atoms with van der Waals surface area (Å²) in [5.41, 5.74) is 0.612. The minimum absolute atomic E-state index is 0.226. The number of anilines is 1. The van der Waals surface area contributed by atoms with Gasteiger partial charge in [-0.2, -0.15) is 13.2 Å². The Bertz CT molecular complexity index is 403. The van der Waals surface area contributed by atoms with Crippen LogP contribution in [0, 0.1) is 0 Å². The van der Waals surface area contributed by atoms with E-state index in [1.54, 1.807) is 24.3 Å². The van der Waals surface area contributed by atoms with E-state index in [1.807, 2.05) is 0 Å². The highest BCUT2D eigenvalue weighted by atomic mass is 19.4. The second-order valence-electron chi connectivity index (χ2n) is 4.59. The van der Waals surface area contributed by atoms with Gasteiger partial charge in [-0.1, -0.05) is 12.1 Å². The lowest BCUT2D eigenvalue weighted by molar-refractivity contribution is -0.153. The molecule has 19 heavy (non-hydrogen) atoms. The number of piperidine rings is 1. The van der Waals surface area contributed by atoms with Gasteiger partial charge >= 0.3 is 6.18 Å². The Morgan fingerprint density at radius 1 is 1.32 bits per heavy atom. The van der Waals surface area contributed by atoms with Crippen molar-refractivity contribution >= 4 is 5.69 Å². The van der Waals surface area contributed by atoms with Gasteiger partial charge in [0.15, 0.2) is 6.61 Å². The zero-order chi connectivity index (χ0) is 13.7. The summed E-state index contributed by atoms with van der Waals surface area (Å²) < 4.78 is 41.4. The molecule has 1 aromatic rings. The highest BCUT2D eigenvalue weighted by Gasteiger charge is 2.29. The highest BCUT2D eigenvalue weighted by molar-refractivity contribution is 5.56. The van der Waals surface area contributed by atoms with E-state index in [0.29, 0.717) is 5.69 Å². The van der Waals surface area contributed by atoms with Gasteiger partial charge in [0.1, 0.15) is 5.75 Å². The van der Waals surface area contributed by atoms with Crippen LogP contribution in [0.2, 0.25) is 0 Å². The molecule has 2 N–H and O–H groups in total. The van der Waals surface area contributed by atoms with Crippen LogP contribution in [-0.2, 0) is 0 Å². The summed E-state index contributed by atoms with van der Waals surface area (Å²) in [5, 5.41) is 6.48. The van der Waals surface area contributed by atoms with E-state index < -0.39 is 12.8 Å². The number of hydrogen-bond acceptors (Lipinski definition) is 3. The van der Waals surface area contributed by atoms with Crippen molar-refractivity contribution in [3.05, 3.63) is 24.3 Å².